The van der Waals surface area contributed by atoms with Gasteiger partial charge in [0.25, 0.3) is 0 Å². The first-order valence-corrected chi connectivity index (χ1v) is 23.4. The fraction of sp³-hybridized carbons (Fsp3) is 0.717. The van der Waals surface area contributed by atoms with E-state index in [1.807, 2.05) is 0 Å². The number of hydrogen-bond donors (Lipinski definition) is 2. The lowest BCUT2D eigenvalue weighted by Crippen LogP contribution is -2.28. The zero-order chi connectivity index (χ0) is 40.2. The number of ether oxygens (including phenoxy) is 2. The monoisotopic (exact) mass is 792 g/mol. The van der Waals surface area contributed by atoms with Crippen molar-refractivity contribution >= 4 is 13.8 Å². The number of nitrogens with two attached hydrogens (primary N) is 1. The van der Waals surface area contributed by atoms with Gasteiger partial charge in [-0.1, -0.05) is 177 Å². The predicted octanol–water partition coefficient (Wildman–Crippen LogP) is 13.1. The number of rotatable bonds is 41. The topological polar surface area (TPSA) is 117 Å². The Morgan fingerprint density at radius 3 is 1.51 bits per heavy atom. The summed E-state index contributed by atoms with van der Waals surface area (Å²) in [5.74, 6) is -0.344. The Kier molecular flexibility index (Phi) is 41.5. The lowest BCUT2D eigenvalue weighted by atomic mass is 10.0. The molecule has 0 aromatic rings. The summed E-state index contributed by atoms with van der Waals surface area (Å²) < 4.78 is 33.4. The van der Waals surface area contributed by atoms with E-state index in [0.717, 1.165) is 83.5 Å². The van der Waals surface area contributed by atoms with Crippen molar-refractivity contribution < 1.29 is 32.8 Å². The molecule has 0 rings (SSSR count). The van der Waals surface area contributed by atoms with Crippen molar-refractivity contribution in [2.45, 2.75) is 180 Å². The number of esters is 1. The predicted molar refractivity (Wildman–Crippen MR) is 233 cm³/mol. The van der Waals surface area contributed by atoms with Crippen molar-refractivity contribution in [3.05, 3.63) is 72.9 Å². The molecule has 0 aromatic heterocycles. The second-order valence-corrected chi connectivity index (χ2v) is 15.6. The van der Waals surface area contributed by atoms with Gasteiger partial charge < -0.3 is 20.1 Å². The van der Waals surface area contributed by atoms with Crippen molar-refractivity contribution in [1.29, 1.82) is 0 Å². The van der Waals surface area contributed by atoms with E-state index >= 15 is 0 Å². The molecule has 55 heavy (non-hydrogen) atoms. The van der Waals surface area contributed by atoms with Gasteiger partial charge in [0.1, 0.15) is 6.10 Å². The van der Waals surface area contributed by atoms with Crippen LogP contribution >= 0.6 is 7.82 Å². The quantitative estimate of drug-likeness (QED) is 0.0272. The molecule has 0 heterocycles. The number of hydrogen-bond acceptors (Lipinski definition) is 7. The van der Waals surface area contributed by atoms with Gasteiger partial charge in [-0.05, 0) is 64.2 Å². The van der Waals surface area contributed by atoms with Crippen LogP contribution in [0.3, 0.4) is 0 Å². The van der Waals surface area contributed by atoms with Crippen molar-refractivity contribution in [1.82, 2.24) is 0 Å². The molecule has 0 fully saturated rings. The Balaban J connectivity index is 4.11. The summed E-state index contributed by atoms with van der Waals surface area (Å²) in [7, 11) is -4.29. The first kappa shape index (κ1) is 52.9. The summed E-state index contributed by atoms with van der Waals surface area (Å²) in [4.78, 5) is 22.5. The maximum Gasteiger partial charge on any atom is 0.472 e. The van der Waals surface area contributed by atoms with E-state index in [2.05, 4.69) is 86.8 Å². The van der Waals surface area contributed by atoms with Crippen LogP contribution in [0.1, 0.15) is 174 Å². The molecule has 0 saturated heterocycles. The highest BCUT2D eigenvalue weighted by Crippen LogP contribution is 2.43. The van der Waals surface area contributed by atoms with Gasteiger partial charge in [-0.15, -0.1) is 0 Å². The molecule has 0 spiro atoms. The number of carbonyl (C=O) groups excluding carboxylic acids is 1. The van der Waals surface area contributed by atoms with Gasteiger partial charge in [-0.3, -0.25) is 13.8 Å². The minimum absolute atomic E-state index is 0.0918. The van der Waals surface area contributed by atoms with Crippen LogP contribution < -0.4 is 5.73 Å². The molecule has 318 valence electrons. The molecule has 3 N–H and O–H groups in total. The molecule has 8 nitrogen and oxygen atoms in total. The van der Waals surface area contributed by atoms with Gasteiger partial charge in [-0.2, -0.15) is 0 Å². The van der Waals surface area contributed by atoms with Crippen LogP contribution in [0.2, 0.25) is 0 Å². The van der Waals surface area contributed by atoms with Crippen molar-refractivity contribution in [3.8, 4) is 0 Å². The van der Waals surface area contributed by atoms with Gasteiger partial charge >= 0.3 is 13.8 Å². The second-order valence-electron chi connectivity index (χ2n) is 14.2. The van der Waals surface area contributed by atoms with Crippen LogP contribution in [0, 0.1) is 0 Å². The summed E-state index contributed by atoms with van der Waals surface area (Å²) in [6.07, 6.45) is 53.5. The molecule has 9 heteroatoms. The van der Waals surface area contributed by atoms with Gasteiger partial charge in [0, 0.05) is 19.6 Å². The van der Waals surface area contributed by atoms with Crippen molar-refractivity contribution in [3.63, 3.8) is 0 Å². The number of phosphoric ester groups is 1. The van der Waals surface area contributed by atoms with Gasteiger partial charge in [0.15, 0.2) is 0 Å². The fourth-order valence-corrected chi connectivity index (χ4v) is 6.47. The fourth-order valence-electron chi connectivity index (χ4n) is 5.70. The minimum atomic E-state index is -4.29. The highest BCUT2D eigenvalue weighted by Gasteiger charge is 2.25. The summed E-state index contributed by atoms with van der Waals surface area (Å²) >= 11 is 0. The van der Waals surface area contributed by atoms with Gasteiger partial charge in [-0.25, -0.2) is 4.57 Å². The maximum absolute atomic E-state index is 12.6. The smallest absolute Gasteiger partial charge is 0.457 e. The number of phosphoric acid groups is 1. The number of unbranched alkanes of at least 4 members (excludes halogenated alkanes) is 16. The summed E-state index contributed by atoms with van der Waals surface area (Å²) in [5.41, 5.74) is 5.37. The Morgan fingerprint density at radius 1 is 0.564 bits per heavy atom. The number of carbonyl (C=O) groups is 1. The zero-order valence-corrected chi connectivity index (χ0v) is 36.0. The highest BCUT2D eigenvalue weighted by atomic mass is 31.2. The third-order valence-corrected chi connectivity index (χ3v) is 9.87. The summed E-state index contributed by atoms with van der Waals surface area (Å²) in [5, 5.41) is 0. The van der Waals surface area contributed by atoms with Crippen LogP contribution in [0.5, 0.6) is 0 Å². The highest BCUT2D eigenvalue weighted by molar-refractivity contribution is 7.47. The molecule has 0 aliphatic rings. The summed E-state index contributed by atoms with van der Waals surface area (Å²) in [6, 6.07) is 0. The molecule has 0 amide bonds. The van der Waals surface area contributed by atoms with Crippen LogP contribution in [-0.2, 0) is 27.9 Å². The Morgan fingerprint density at radius 2 is 1.02 bits per heavy atom. The Hall–Kier alpha value is -2.06. The first-order valence-electron chi connectivity index (χ1n) is 21.9. The maximum atomic E-state index is 12.6. The van der Waals surface area contributed by atoms with E-state index < -0.39 is 13.9 Å². The second kappa shape index (κ2) is 43.1. The third kappa shape index (κ3) is 42.9. The van der Waals surface area contributed by atoms with E-state index in [1.165, 1.54) is 70.6 Å². The molecule has 0 saturated carbocycles. The largest absolute Gasteiger partial charge is 0.472 e. The van der Waals surface area contributed by atoms with Crippen molar-refractivity contribution in [2.24, 2.45) is 5.73 Å². The molecule has 0 bridgehead atoms. The summed E-state index contributed by atoms with van der Waals surface area (Å²) in [6.45, 7) is 4.72. The average Bonchev–Trinajstić information content (AvgIpc) is 3.17. The van der Waals surface area contributed by atoms with E-state index in [4.69, 9.17) is 24.3 Å². The molecule has 0 aliphatic carbocycles. The van der Waals surface area contributed by atoms with E-state index in [0.29, 0.717) is 13.0 Å². The Bertz CT molecular complexity index is 1070. The van der Waals surface area contributed by atoms with Crippen LogP contribution in [0.25, 0.3) is 0 Å². The number of allylic oxidation sites excluding steroid dienone is 12. The lowest BCUT2D eigenvalue weighted by Gasteiger charge is -2.20. The standard InChI is InChI=1S/C46H82NO7P/c1-3-5-7-9-11-13-15-17-19-20-21-22-23-24-25-26-28-30-32-34-36-38-41-51-43-45(44-53-55(49,50)52-42-40-47)54-46(48)39-37-35-33-31-29-27-18-16-14-12-10-8-6-4-2/h5,7,11,13,17,19,21-22,24-25,28,30,45H,3-4,6,8-10,12,14-16,18,20,23,26-27,29,31-44,47H2,1-2H3,(H,49,50)/b7-5-,13-11-,19-17-,22-21-,25-24-,30-28-. The zero-order valence-electron chi connectivity index (χ0n) is 35.1. The SMILES string of the molecule is CC/C=C\C/C=C\C/C=C\C/C=C\C/C=C\C/C=C\CCCCCOCC(COP(=O)(O)OCCN)OC(=O)CCCCCCCCCCCCCCCC. The van der Waals surface area contributed by atoms with Crippen LogP contribution in [-0.4, -0.2) is 49.9 Å². The Labute approximate surface area is 337 Å². The normalized spacial score (nSPS) is 14.2. The average molecular weight is 792 g/mol. The van der Waals surface area contributed by atoms with Crippen LogP contribution in [0.4, 0.5) is 0 Å². The molecule has 0 radical (unpaired) electrons. The molecule has 0 aromatic carbocycles. The first-order chi connectivity index (χ1) is 26.9. The molecule has 2 unspecified atom stereocenters. The van der Waals surface area contributed by atoms with E-state index in [-0.39, 0.29) is 32.3 Å². The van der Waals surface area contributed by atoms with Crippen molar-refractivity contribution in [2.75, 3.05) is 33.0 Å². The molecular formula is C46H82NO7P. The molecular weight excluding hydrogens is 709 g/mol. The minimum Gasteiger partial charge on any atom is -0.457 e. The van der Waals surface area contributed by atoms with E-state index in [1.54, 1.807) is 0 Å². The van der Waals surface area contributed by atoms with E-state index in [9.17, 15) is 14.3 Å². The molecule has 0 aliphatic heterocycles. The van der Waals surface area contributed by atoms with Gasteiger partial charge in [0.2, 0.25) is 0 Å². The van der Waals surface area contributed by atoms with Gasteiger partial charge in [0.05, 0.1) is 19.8 Å². The van der Waals surface area contributed by atoms with Crippen LogP contribution in [0.15, 0.2) is 72.9 Å². The molecule has 2 atom stereocenters. The lowest BCUT2D eigenvalue weighted by molar-refractivity contribution is -0.154. The third-order valence-electron chi connectivity index (χ3n) is 8.89.